The van der Waals surface area contributed by atoms with Crippen LogP contribution in [0.15, 0.2) is 11.5 Å². The predicted molar refractivity (Wildman–Crippen MR) is 115 cm³/mol. The van der Waals surface area contributed by atoms with Gasteiger partial charge in [-0.05, 0) is 66.3 Å². The second-order valence-corrected chi connectivity index (χ2v) is 9.63. The van der Waals surface area contributed by atoms with E-state index in [0.29, 0.717) is 12.5 Å². The van der Waals surface area contributed by atoms with Gasteiger partial charge in [0.05, 0.1) is 17.2 Å². The molecule has 0 aliphatic carbocycles. The Kier molecular flexibility index (Phi) is 7.57. The summed E-state index contributed by atoms with van der Waals surface area (Å²) in [6.45, 7) is 18.9. The molecule has 1 amide bonds. The predicted octanol–water partition coefficient (Wildman–Crippen LogP) is 4.71. The molecule has 0 N–H and O–H groups in total. The van der Waals surface area contributed by atoms with Crippen molar-refractivity contribution in [3.63, 3.8) is 0 Å². The molecular formula is C20H38BNO4S. The molecule has 1 saturated heterocycles. The molecule has 0 spiro atoms. The van der Waals surface area contributed by atoms with Crippen LogP contribution in [0.5, 0.6) is 0 Å². The second kappa shape index (κ2) is 8.38. The van der Waals surface area contributed by atoms with Crippen LogP contribution in [0.3, 0.4) is 0 Å². The second-order valence-electron chi connectivity index (χ2n) is 9.63. The summed E-state index contributed by atoms with van der Waals surface area (Å²) >= 11 is 0. The first-order chi connectivity index (χ1) is 11.8. The number of hydrogen-bond donors (Lipinski definition) is 0. The fourth-order valence-electron chi connectivity index (χ4n) is 3.23. The zero-order chi connectivity index (χ0) is 19.9. The van der Waals surface area contributed by atoms with Crippen LogP contribution in [0.1, 0.15) is 75.2 Å². The third-order valence-corrected chi connectivity index (χ3v) is 5.80. The first-order valence-corrected chi connectivity index (χ1v) is 9.83. The molecule has 2 rings (SSSR count). The molecule has 2 aliphatic rings. The number of carbonyl (C=O) groups is 1. The summed E-state index contributed by atoms with van der Waals surface area (Å²) in [5.74, 6) is 0.334. The SMILES string of the molecule is CCC(C)C1C=C(B2OC(C)(C)C(C)(C)O2)CCN1C(=O)OC(C)(C)C.S. The summed E-state index contributed by atoms with van der Waals surface area (Å²) < 4.78 is 18.1. The lowest BCUT2D eigenvalue weighted by Gasteiger charge is -2.38. The smallest absolute Gasteiger partial charge is 0.444 e. The highest BCUT2D eigenvalue weighted by molar-refractivity contribution is 7.59. The van der Waals surface area contributed by atoms with Gasteiger partial charge < -0.3 is 18.9 Å². The number of amides is 1. The molecule has 2 atom stereocenters. The highest BCUT2D eigenvalue weighted by Crippen LogP contribution is 2.40. The van der Waals surface area contributed by atoms with Crippen molar-refractivity contribution in [1.82, 2.24) is 4.90 Å². The molecule has 2 aliphatic heterocycles. The van der Waals surface area contributed by atoms with E-state index in [-0.39, 0.29) is 44.0 Å². The van der Waals surface area contributed by atoms with E-state index in [1.165, 1.54) is 0 Å². The molecule has 1 fully saturated rings. The Morgan fingerprint density at radius 2 is 1.81 bits per heavy atom. The van der Waals surface area contributed by atoms with Gasteiger partial charge in [0.1, 0.15) is 5.60 Å². The monoisotopic (exact) mass is 399 g/mol. The summed E-state index contributed by atoms with van der Waals surface area (Å²) in [6, 6.07) is -0.00220. The Labute approximate surface area is 172 Å². The van der Waals surface area contributed by atoms with Crippen LogP contribution in [0, 0.1) is 5.92 Å². The van der Waals surface area contributed by atoms with E-state index in [4.69, 9.17) is 14.0 Å². The Bertz CT molecular complexity index is 555. The van der Waals surface area contributed by atoms with Crippen LogP contribution in [0.25, 0.3) is 0 Å². The zero-order valence-electron chi connectivity index (χ0n) is 18.5. The summed E-state index contributed by atoms with van der Waals surface area (Å²) in [4.78, 5) is 14.5. The normalized spacial score (nSPS) is 25.5. The number of carbonyl (C=O) groups excluding carboxylic acids is 1. The van der Waals surface area contributed by atoms with Gasteiger partial charge in [-0.1, -0.05) is 26.3 Å². The van der Waals surface area contributed by atoms with Gasteiger partial charge in [-0.25, -0.2) is 4.79 Å². The van der Waals surface area contributed by atoms with Crippen molar-refractivity contribution in [2.24, 2.45) is 5.92 Å². The Morgan fingerprint density at radius 1 is 1.30 bits per heavy atom. The van der Waals surface area contributed by atoms with Crippen LogP contribution >= 0.6 is 13.5 Å². The Hall–Kier alpha value is -0.655. The quantitative estimate of drug-likeness (QED) is 0.645. The molecule has 0 aromatic heterocycles. The van der Waals surface area contributed by atoms with Crippen LogP contribution in [-0.4, -0.2) is 47.5 Å². The first kappa shape index (κ1) is 24.4. The van der Waals surface area contributed by atoms with Crippen molar-refractivity contribution in [3.8, 4) is 0 Å². The minimum Gasteiger partial charge on any atom is -0.444 e. The minimum absolute atomic E-state index is 0. The molecule has 5 nitrogen and oxygen atoms in total. The molecule has 7 heteroatoms. The van der Waals surface area contributed by atoms with Crippen molar-refractivity contribution < 1.29 is 18.8 Å². The summed E-state index contributed by atoms with van der Waals surface area (Å²) in [7, 11) is -0.340. The lowest BCUT2D eigenvalue weighted by molar-refractivity contribution is 0.00578. The van der Waals surface area contributed by atoms with E-state index in [0.717, 1.165) is 18.3 Å². The van der Waals surface area contributed by atoms with E-state index in [9.17, 15) is 4.79 Å². The summed E-state index contributed by atoms with van der Waals surface area (Å²) in [5.41, 5.74) is -0.0691. The fraction of sp³-hybridized carbons (Fsp3) is 0.850. The van der Waals surface area contributed by atoms with Gasteiger partial charge in [0.15, 0.2) is 0 Å². The van der Waals surface area contributed by atoms with E-state index in [1.807, 2.05) is 25.7 Å². The van der Waals surface area contributed by atoms with Crippen molar-refractivity contribution in [2.75, 3.05) is 6.54 Å². The van der Waals surface area contributed by atoms with E-state index >= 15 is 0 Å². The molecule has 2 heterocycles. The maximum absolute atomic E-state index is 12.7. The summed E-state index contributed by atoms with van der Waals surface area (Å²) in [5, 5.41) is 0. The largest absolute Gasteiger partial charge is 0.490 e. The van der Waals surface area contributed by atoms with Gasteiger partial charge in [0.25, 0.3) is 0 Å². The van der Waals surface area contributed by atoms with Crippen LogP contribution < -0.4 is 0 Å². The van der Waals surface area contributed by atoms with Gasteiger partial charge in [-0.3, -0.25) is 0 Å². The molecule has 0 saturated carbocycles. The lowest BCUT2D eigenvalue weighted by atomic mass is 9.72. The van der Waals surface area contributed by atoms with Crippen molar-refractivity contribution in [2.45, 2.75) is 98.0 Å². The van der Waals surface area contributed by atoms with E-state index < -0.39 is 5.60 Å². The van der Waals surface area contributed by atoms with Crippen molar-refractivity contribution in [1.29, 1.82) is 0 Å². The van der Waals surface area contributed by atoms with Gasteiger partial charge in [-0.15, -0.1) is 0 Å². The molecule has 27 heavy (non-hydrogen) atoms. The van der Waals surface area contributed by atoms with E-state index in [1.54, 1.807) is 0 Å². The number of nitrogens with zero attached hydrogens (tertiary/aromatic N) is 1. The highest BCUT2D eigenvalue weighted by atomic mass is 32.1. The third kappa shape index (κ3) is 5.45. The van der Waals surface area contributed by atoms with Crippen molar-refractivity contribution >= 4 is 26.7 Å². The summed E-state index contributed by atoms with van der Waals surface area (Å²) in [6.07, 6.45) is 3.65. The van der Waals surface area contributed by atoms with Gasteiger partial charge in [0, 0.05) is 6.54 Å². The molecule has 0 aromatic carbocycles. The maximum atomic E-state index is 12.7. The maximum Gasteiger partial charge on any atom is 0.490 e. The Balaban J connectivity index is 0.00000364. The number of hydrogen-bond acceptors (Lipinski definition) is 4. The standard InChI is InChI=1S/C20H36BNO4.H2S/c1-10-14(2)16-13-15(21-25-19(6,7)20(8,9)26-21)11-12-22(16)17(23)24-18(3,4)5;/h13-14,16H,10-12H2,1-9H3;1H2. The average Bonchev–Trinajstić information content (AvgIpc) is 2.72. The third-order valence-electron chi connectivity index (χ3n) is 5.80. The molecule has 0 radical (unpaired) electrons. The van der Waals surface area contributed by atoms with Gasteiger partial charge in [0.2, 0.25) is 0 Å². The first-order valence-electron chi connectivity index (χ1n) is 9.83. The van der Waals surface area contributed by atoms with E-state index in [2.05, 4.69) is 47.6 Å². The number of rotatable bonds is 3. The lowest BCUT2D eigenvalue weighted by Crippen LogP contribution is -2.49. The van der Waals surface area contributed by atoms with Crippen molar-refractivity contribution in [3.05, 3.63) is 11.5 Å². The van der Waals surface area contributed by atoms with Gasteiger partial charge >= 0.3 is 13.2 Å². The Morgan fingerprint density at radius 3 is 2.26 bits per heavy atom. The number of ether oxygens (including phenoxy) is 1. The van der Waals surface area contributed by atoms with Crippen LogP contribution in [0.2, 0.25) is 0 Å². The molecule has 156 valence electrons. The fourth-order valence-corrected chi connectivity index (χ4v) is 3.23. The average molecular weight is 399 g/mol. The topological polar surface area (TPSA) is 48.0 Å². The molecule has 0 aromatic rings. The zero-order valence-corrected chi connectivity index (χ0v) is 19.5. The van der Waals surface area contributed by atoms with Crippen LogP contribution in [-0.2, 0) is 14.0 Å². The highest BCUT2D eigenvalue weighted by Gasteiger charge is 2.53. The van der Waals surface area contributed by atoms with Crippen LogP contribution in [0.4, 0.5) is 4.79 Å². The van der Waals surface area contributed by atoms with Gasteiger partial charge in [-0.2, -0.15) is 13.5 Å². The molecular weight excluding hydrogens is 361 g/mol. The molecule has 0 bridgehead atoms. The molecule has 2 unspecified atom stereocenters. The minimum atomic E-state index is -0.493.